The van der Waals surface area contributed by atoms with Gasteiger partial charge in [-0.25, -0.2) is 4.68 Å². The summed E-state index contributed by atoms with van der Waals surface area (Å²) in [4.78, 5) is 25.9. The highest BCUT2D eigenvalue weighted by Gasteiger charge is 2.21. The van der Waals surface area contributed by atoms with Crippen LogP contribution in [0.5, 0.6) is 0 Å². The van der Waals surface area contributed by atoms with Gasteiger partial charge in [0.05, 0.1) is 11.8 Å². The van der Waals surface area contributed by atoms with Gasteiger partial charge in [-0.15, -0.1) is 5.10 Å². The topological polar surface area (TPSA) is 81.0 Å². The maximum atomic E-state index is 12.3. The van der Waals surface area contributed by atoms with Crippen LogP contribution in [-0.2, 0) is 4.79 Å². The fraction of sp³-hybridized carbons (Fsp3) is 0.438. The molecule has 0 N–H and O–H groups in total. The van der Waals surface area contributed by atoms with E-state index in [0.717, 1.165) is 18.7 Å². The molecule has 0 aliphatic carbocycles. The lowest BCUT2D eigenvalue weighted by Crippen LogP contribution is -2.23. The number of aromatic nitrogens is 4. The van der Waals surface area contributed by atoms with Crippen LogP contribution in [0.1, 0.15) is 43.1 Å². The van der Waals surface area contributed by atoms with Crippen LogP contribution in [0, 0.1) is 0 Å². The van der Waals surface area contributed by atoms with Crippen molar-refractivity contribution in [1.29, 1.82) is 0 Å². The summed E-state index contributed by atoms with van der Waals surface area (Å²) >= 11 is 1.33. The highest BCUT2D eigenvalue weighted by Crippen LogP contribution is 2.23. The molecule has 2 heterocycles. The van der Waals surface area contributed by atoms with Crippen LogP contribution in [0.3, 0.4) is 0 Å². The van der Waals surface area contributed by atoms with Gasteiger partial charge in [-0.3, -0.25) is 9.59 Å². The molecule has 1 fully saturated rings. The fourth-order valence-electron chi connectivity index (χ4n) is 2.57. The SMILES string of the molecule is CC(C)n1nnnc1SCC(=O)c1ccc(N2CCCC2=O)cc1. The number of Topliss-reactive ketones (excluding diaryl/α,β-unsaturated/α-hetero) is 1. The Bertz CT molecular complexity index is 741. The molecule has 1 aliphatic heterocycles. The number of amides is 1. The summed E-state index contributed by atoms with van der Waals surface area (Å²) in [5.41, 5.74) is 1.48. The highest BCUT2D eigenvalue weighted by atomic mass is 32.2. The van der Waals surface area contributed by atoms with Crippen molar-refractivity contribution < 1.29 is 9.59 Å². The minimum atomic E-state index is 0.0117. The Kier molecular flexibility index (Phi) is 4.94. The van der Waals surface area contributed by atoms with Gasteiger partial charge in [0.2, 0.25) is 11.1 Å². The number of benzene rings is 1. The van der Waals surface area contributed by atoms with E-state index in [4.69, 9.17) is 0 Å². The Balaban J connectivity index is 1.63. The molecule has 0 radical (unpaired) electrons. The van der Waals surface area contributed by atoms with Gasteiger partial charge < -0.3 is 4.90 Å². The molecule has 2 aromatic rings. The minimum absolute atomic E-state index is 0.0117. The Hall–Kier alpha value is -2.22. The first-order valence-electron chi connectivity index (χ1n) is 7.90. The van der Waals surface area contributed by atoms with Gasteiger partial charge >= 0.3 is 0 Å². The monoisotopic (exact) mass is 345 g/mol. The number of anilines is 1. The lowest BCUT2D eigenvalue weighted by Gasteiger charge is -2.15. The Morgan fingerprint density at radius 2 is 2.04 bits per heavy atom. The summed E-state index contributed by atoms with van der Waals surface area (Å²) in [5.74, 6) is 0.428. The molecule has 1 aliphatic rings. The van der Waals surface area contributed by atoms with Crippen molar-refractivity contribution in [3.8, 4) is 0 Å². The molecule has 0 bridgehead atoms. The molecule has 1 aromatic carbocycles. The van der Waals surface area contributed by atoms with Gasteiger partial charge in [-0.2, -0.15) is 0 Å². The third-order valence-electron chi connectivity index (χ3n) is 3.86. The predicted octanol–water partition coefficient (Wildman–Crippen LogP) is 2.36. The van der Waals surface area contributed by atoms with E-state index >= 15 is 0 Å². The van der Waals surface area contributed by atoms with Gasteiger partial charge in [0.15, 0.2) is 5.78 Å². The average molecular weight is 345 g/mol. The van der Waals surface area contributed by atoms with Crippen molar-refractivity contribution in [1.82, 2.24) is 20.2 Å². The van der Waals surface area contributed by atoms with Gasteiger partial charge in [0.1, 0.15) is 0 Å². The molecule has 1 amide bonds. The normalized spacial score (nSPS) is 14.6. The first kappa shape index (κ1) is 16.6. The second-order valence-electron chi connectivity index (χ2n) is 5.91. The van der Waals surface area contributed by atoms with E-state index in [9.17, 15) is 9.59 Å². The number of rotatable bonds is 6. The van der Waals surface area contributed by atoms with E-state index in [0.29, 0.717) is 17.1 Å². The molecule has 0 unspecified atom stereocenters. The largest absolute Gasteiger partial charge is 0.312 e. The van der Waals surface area contributed by atoms with E-state index < -0.39 is 0 Å². The number of tetrazole rings is 1. The zero-order chi connectivity index (χ0) is 17.1. The lowest BCUT2D eigenvalue weighted by molar-refractivity contribution is -0.117. The number of hydrogen-bond donors (Lipinski definition) is 0. The molecular formula is C16H19N5O2S. The second kappa shape index (κ2) is 7.12. The molecule has 8 heteroatoms. The molecule has 1 saturated heterocycles. The summed E-state index contributed by atoms with van der Waals surface area (Å²) in [5, 5.41) is 12.1. The van der Waals surface area contributed by atoms with Crippen LogP contribution in [-0.4, -0.2) is 44.2 Å². The zero-order valence-electron chi connectivity index (χ0n) is 13.7. The lowest BCUT2D eigenvalue weighted by atomic mass is 10.1. The van der Waals surface area contributed by atoms with E-state index in [1.165, 1.54) is 11.8 Å². The third-order valence-corrected chi connectivity index (χ3v) is 4.79. The molecule has 0 atom stereocenters. The Morgan fingerprint density at radius 3 is 2.67 bits per heavy atom. The summed E-state index contributed by atoms with van der Waals surface area (Å²) in [6.45, 7) is 4.72. The highest BCUT2D eigenvalue weighted by molar-refractivity contribution is 7.99. The van der Waals surface area contributed by atoms with Crippen LogP contribution >= 0.6 is 11.8 Å². The molecule has 24 heavy (non-hydrogen) atoms. The Morgan fingerprint density at radius 1 is 1.29 bits per heavy atom. The summed E-state index contributed by atoms with van der Waals surface area (Å²) in [7, 11) is 0. The maximum Gasteiger partial charge on any atom is 0.227 e. The maximum absolute atomic E-state index is 12.3. The van der Waals surface area contributed by atoms with Crippen LogP contribution in [0.25, 0.3) is 0 Å². The number of hydrogen-bond acceptors (Lipinski definition) is 6. The number of carbonyl (C=O) groups is 2. The fourth-order valence-corrected chi connectivity index (χ4v) is 3.47. The molecule has 0 saturated carbocycles. The summed E-state index contributed by atoms with van der Waals surface area (Å²) in [6.07, 6.45) is 1.49. The van der Waals surface area contributed by atoms with Crippen molar-refractivity contribution >= 4 is 29.1 Å². The van der Waals surface area contributed by atoms with E-state index in [-0.39, 0.29) is 23.5 Å². The van der Waals surface area contributed by atoms with Gasteiger partial charge in [0, 0.05) is 24.2 Å². The van der Waals surface area contributed by atoms with Crippen LogP contribution in [0.4, 0.5) is 5.69 Å². The van der Waals surface area contributed by atoms with E-state index in [2.05, 4.69) is 15.5 Å². The first-order valence-corrected chi connectivity index (χ1v) is 8.89. The van der Waals surface area contributed by atoms with E-state index in [1.54, 1.807) is 21.7 Å². The predicted molar refractivity (Wildman–Crippen MR) is 91.3 cm³/mol. The van der Waals surface area contributed by atoms with E-state index in [1.807, 2.05) is 26.0 Å². The molecule has 7 nitrogen and oxygen atoms in total. The molecular weight excluding hydrogens is 326 g/mol. The van der Waals surface area contributed by atoms with Crippen molar-refractivity contribution in [3.63, 3.8) is 0 Å². The Labute approximate surface area is 144 Å². The molecule has 126 valence electrons. The summed E-state index contributed by atoms with van der Waals surface area (Å²) in [6, 6.07) is 7.36. The van der Waals surface area contributed by atoms with Crippen LogP contribution in [0.2, 0.25) is 0 Å². The first-order chi connectivity index (χ1) is 11.6. The molecule has 1 aromatic heterocycles. The zero-order valence-corrected chi connectivity index (χ0v) is 14.5. The second-order valence-corrected chi connectivity index (χ2v) is 6.85. The summed E-state index contributed by atoms with van der Waals surface area (Å²) < 4.78 is 1.69. The van der Waals surface area contributed by atoms with Crippen molar-refractivity contribution in [3.05, 3.63) is 29.8 Å². The van der Waals surface area contributed by atoms with Crippen molar-refractivity contribution in [2.45, 2.75) is 37.9 Å². The quantitative estimate of drug-likeness (QED) is 0.590. The van der Waals surface area contributed by atoms with Crippen LogP contribution < -0.4 is 4.90 Å². The van der Waals surface area contributed by atoms with Gasteiger partial charge in [0.25, 0.3) is 0 Å². The molecule has 3 rings (SSSR count). The number of nitrogens with zero attached hydrogens (tertiary/aromatic N) is 5. The van der Waals surface area contributed by atoms with Gasteiger partial charge in [-0.05, 0) is 55.0 Å². The minimum Gasteiger partial charge on any atom is -0.312 e. The smallest absolute Gasteiger partial charge is 0.227 e. The van der Waals surface area contributed by atoms with Gasteiger partial charge in [-0.1, -0.05) is 11.8 Å². The standard InChI is InChI=1S/C16H19N5O2S/c1-11(2)21-16(17-18-19-21)24-10-14(22)12-5-7-13(8-6-12)20-9-3-4-15(20)23/h5-8,11H,3-4,9-10H2,1-2H3. The third kappa shape index (κ3) is 3.48. The van der Waals surface area contributed by atoms with Crippen molar-refractivity contribution in [2.24, 2.45) is 0 Å². The molecule has 0 spiro atoms. The average Bonchev–Trinajstić information content (AvgIpc) is 3.21. The van der Waals surface area contributed by atoms with Crippen molar-refractivity contribution in [2.75, 3.05) is 17.2 Å². The number of thioether (sulfide) groups is 1. The number of ketones is 1. The number of carbonyl (C=O) groups excluding carboxylic acids is 2. The van der Waals surface area contributed by atoms with Crippen LogP contribution in [0.15, 0.2) is 29.4 Å².